The summed E-state index contributed by atoms with van der Waals surface area (Å²) in [6.07, 6.45) is 13.9. The summed E-state index contributed by atoms with van der Waals surface area (Å²) < 4.78 is 0. The van der Waals surface area contributed by atoms with Gasteiger partial charge in [-0.25, -0.2) is 0 Å². The molecular formula is C19H32O. The molecule has 1 N–H and O–H groups in total. The molecule has 7 atom stereocenters. The standard InChI is InChI=1S/C19H32O/c1-18-9-5-7-14(18)17-15(8-11-18)19(2)10-4-3-6-13(19)12-16(17)20/h13-17,20H,3-12H2,1-2H3/t13-,14+,15+,16+,17+,18+,19+/m1/s1. The predicted molar refractivity (Wildman–Crippen MR) is 82.4 cm³/mol. The van der Waals surface area contributed by atoms with Crippen LogP contribution in [0.2, 0.25) is 0 Å². The summed E-state index contributed by atoms with van der Waals surface area (Å²) in [6, 6.07) is 0. The van der Waals surface area contributed by atoms with E-state index in [9.17, 15) is 5.11 Å². The van der Waals surface area contributed by atoms with Gasteiger partial charge in [0.05, 0.1) is 6.10 Å². The van der Waals surface area contributed by atoms with Crippen LogP contribution in [-0.4, -0.2) is 11.2 Å². The van der Waals surface area contributed by atoms with Crippen LogP contribution < -0.4 is 0 Å². The Labute approximate surface area is 124 Å². The van der Waals surface area contributed by atoms with Crippen LogP contribution >= 0.6 is 0 Å². The lowest BCUT2D eigenvalue weighted by Gasteiger charge is -2.61. The molecule has 1 nitrogen and oxygen atoms in total. The van der Waals surface area contributed by atoms with Crippen molar-refractivity contribution in [2.45, 2.75) is 84.2 Å². The van der Waals surface area contributed by atoms with Crippen molar-refractivity contribution in [3.8, 4) is 0 Å². The first-order chi connectivity index (χ1) is 9.55. The third-order valence-corrected chi connectivity index (χ3v) is 8.38. The highest BCUT2D eigenvalue weighted by molar-refractivity contribution is 5.09. The first-order valence-electron chi connectivity index (χ1n) is 9.23. The quantitative estimate of drug-likeness (QED) is 0.675. The first-order valence-corrected chi connectivity index (χ1v) is 9.23. The highest BCUT2D eigenvalue weighted by Crippen LogP contribution is 2.66. The Morgan fingerprint density at radius 2 is 1.70 bits per heavy atom. The molecule has 0 aromatic carbocycles. The van der Waals surface area contributed by atoms with Crippen molar-refractivity contribution in [2.24, 2.45) is 34.5 Å². The summed E-state index contributed by atoms with van der Waals surface area (Å²) in [5, 5.41) is 10.9. The molecule has 20 heavy (non-hydrogen) atoms. The van der Waals surface area contributed by atoms with Gasteiger partial charge in [-0.1, -0.05) is 33.1 Å². The second-order valence-electron chi connectivity index (χ2n) is 9.13. The normalized spacial score (nSPS) is 58.6. The van der Waals surface area contributed by atoms with Crippen LogP contribution in [0.4, 0.5) is 0 Å². The molecule has 0 aromatic heterocycles. The molecular weight excluding hydrogens is 244 g/mol. The molecule has 114 valence electrons. The van der Waals surface area contributed by atoms with Crippen LogP contribution in [0.15, 0.2) is 0 Å². The van der Waals surface area contributed by atoms with Gasteiger partial charge >= 0.3 is 0 Å². The van der Waals surface area contributed by atoms with E-state index in [4.69, 9.17) is 0 Å². The van der Waals surface area contributed by atoms with Crippen molar-refractivity contribution >= 4 is 0 Å². The molecule has 0 unspecified atom stereocenters. The van der Waals surface area contributed by atoms with Gasteiger partial charge in [0.15, 0.2) is 0 Å². The molecule has 0 spiro atoms. The Bertz CT molecular complexity index is 391. The molecule has 0 radical (unpaired) electrons. The van der Waals surface area contributed by atoms with E-state index in [-0.39, 0.29) is 6.10 Å². The Kier molecular flexibility index (Phi) is 3.05. The minimum atomic E-state index is 0.0129. The summed E-state index contributed by atoms with van der Waals surface area (Å²) in [6.45, 7) is 5.13. The topological polar surface area (TPSA) is 20.2 Å². The van der Waals surface area contributed by atoms with Crippen LogP contribution in [0.5, 0.6) is 0 Å². The SMILES string of the molecule is C[C@@]12CCC[C@H]1[C@@H]1[C@@H](O)C[C@H]3CCCC[C@]3(C)[C@H]1CC2. The van der Waals surface area contributed by atoms with Crippen molar-refractivity contribution < 1.29 is 5.11 Å². The van der Waals surface area contributed by atoms with E-state index in [1.54, 1.807) is 0 Å². The summed E-state index contributed by atoms with van der Waals surface area (Å²) >= 11 is 0. The predicted octanol–water partition coefficient (Wildman–Crippen LogP) is 4.78. The van der Waals surface area contributed by atoms with Crippen LogP contribution in [-0.2, 0) is 0 Å². The van der Waals surface area contributed by atoms with E-state index in [1.165, 1.54) is 57.8 Å². The summed E-state index contributed by atoms with van der Waals surface area (Å²) in [5.41, 5.74) is 1.13. The van der Waals surface area contributed by atoms with Gasteiger partial charge in [0.1, 0.15) is 0 Å². The fourth-order valence-electron chi connectivity index (χ4n) is 7.25. The van der Waals surface area contributed by atoms with E-state index in [2.05, 4.69) is 13.8 Å². The smallest absolute Gasteiger partial charge is 0.0577 e. The van der Waals surface area contributed by atoms with Gasteiger partial charge in [0, 0.05) is 0 Å². The van der Waals surface area contributed by atoms with Crippen molar-refractivity contribution in [1.82, 2.24) is 0 Å². The lowest BCUT2D eigenvalue weighted by molar-refractivity contribution is -0.157. The van der Waals surface area contributed by atoms with Gasteiger partial charge in [-0.2, -0.15) is 0 Å². The fraction of sp³-hybridized carbons (Fsp3) is 1.00. The Morgan fingerprint density at radius 1 is 0.850 bits per heavy atom. The molecule has 4 rings (SSSR count). The maximum atomic E-state index is 10.9. The fourth-order valence-corrected chi connectivity index (χ4v) is 7.25. The number of aliphatic hydroxyl groups excluding tert-OH is 1. The second-order valence-corrected chi connectivity index (χ2v) is 9.13. The Morgan fingerprint density at radius 3 is 2.55 bits per heavy atom. The van der Waals surface area contributed by atoms with Crippen LogP contribution in [0.25, 0.3) is 0 Å². The van der Waals surface area contributed by atoms with Gasteiger partial charge in [-0.3, -0.25) is 0 Å². The van der Waals surface area contributed by atoms with E-state index in [0.29, 0.717) is 16.7 Å². The molecule has 4 aliphatic carbocycles. The minimum absolute atomic E-state index is 0.0129. The van der Waals surface area contributed by atoms with Crippen LogP contribution in [0, 0.1) is 34.5 Å². The van der Waals surface area contributed by atoms with E-state index < -0.39 is 0 Å². The van der Waals surface area contributed by atoms with Crippen molar-refractivity contribution in [1.29, 1.82) is 0 Å². The number of rotatable bonds is 0. The number of hydrogen-bond donors (Lipinski definition) is 1. The third-order valence-electron chi connectivity index (χ3n) is 8.38. The maximum Gasteiger partial charge on any atom is 0.0577 e. The third kappa shape index (κ3) is 1.71. The van der Waals surface area contributed by atoms with E-state index in [1.807, 2.05) is 0 Å². The molecule has 4 fully saturated rings. The van der Waals surface area contributed by atoms with Crippen LogP contribution in [0.3, 0.4) is 0 Å². The Balaban J connectivity index is 1.69. The monoisotopic (exact) mass is 276 g/mol. The zero-order chi connectivity index (χ0) is 14.0. The minimum Gasteiger partial charge on any atom is -0.393 e. The first kappa shape index (κ1) is 13.6. The second kappa shape index (κ2) is 4.48. The molecule has 0 bridgehead atoms. The molecule has 0 aliphatic heterocycles. The molecule has 1 heteroatoms. The van der Waals surface area contributed by atoms with Crippen molar-refractivity contribution in [3.05, 3.63) is 0 Å². The molecule has 0 saturated heterocycles. The largest absolute Gasteiger partial charge is 0.393 e. The van der Waals surface area contributed by atoms with Gasteiger partial charge < -0.3 is 5.11 Å². The molecule has 0 heterocycles. The molecule has 0 aromatic rings. The van der Waals surface area contributed by atoms with Gasteiger partial charge in [-0.05, 0) is 79.4 Å². The highest BCUT2D eigenvalue weighted by atomic mass is 16.3. The Hall–Kier alpha value is -0.0400. The molecule has 4 aliphatic rings. The lowest BCUT2D eigenvalue weighted by atomic mass is 9.45. The average Bonchev–Trinajstić information content (AvgIpc) is 2.81. The zero-order valence-electron chi connectivity index (χ0n) is 13.4. The number of aliphatic hydroxyl groups is 1. The van der Waals surface area contributed by atoms with Gasteiger partial charge in [-0.15, -0.1) is 0 Å². The van der Waals surface area contributed by atoms with E-state index in [0.717, 1.165) is 24.2 Å². The van der Waals surface area contributed by atoms with Crippen LogP contribution in [0.1, 0.15) is 78.1 Å². The number of hydrogen-bond acceptors (Lipinski definition) is 1. The molecule has 0 amide bonds. The lowest BCUT2D eigenvalue weighted by Crippen LogP contribution is -2.56. The van der Waals surface area contributed by atoms with Gasteiger partial charge in [0.25, 0.3) is 0 Å². The molecule has 4 saturated carbocycles. The van der Waals surface area contributed by atoms with Crippen molar-refractivity contribution in [3.63, 3.8) is 0 Å². The number of fused-ring (bicyclic) bond motifs is 5. The zero-order valence-corrected chi connectivity index (χ0v) is 13.4. The van der Waals surface area contributed by atoms with Gasteiger partial charge in [0.2, 0.25) is 0 Å². The summed E-state index contributed by atoms with van der Waals surface area (Å²) in [4.78, 5) is 0. The maximum absolute atomic E-state index is 10.9. The highest BCUT2D eigenvalue weighted by Gasteiger charge is 2.59. The van der Waals surface area contributed by atoms with Crippen molar-refractivity contribution in [2.75, 3.05) is 0 Å². The summed E-state index contributed by atoms with van der Waals surface area (Å²) in [7, 11) is 0. The average molecular weight is 276 g/mol. The van der Waals surface area contributed by atoms with E-state index >= 15 is 0 Å². The summed E-state index contributed by atoms with van der Waals surface area (Å²) in [5.74, 6) is 3.11.